The summed E-state index contributed by atoms with van der Waals surface area (Å²) in [5, 5.41) is 11.5. The second-order valence-electron chi connectivity index (χ2n) is 4.42. The molecule has 0 fully saturated rings. The van der Waals surface area contributed by atoms with Crippen LogP contribution >= 0.6 is 11.6 Å². The number of carbonyl (C=O) groups excluding carboxylic acids is 1. The molecule has 1 amide bonds. The molecule has 114 valence electrons. The molecule has 1 aromatic carbocycles. The van der Waals surface area contributed by atoms with Gasteiger partial charge in [0, 0.05) is 6.54 Å². The molecule has 21 heavy (non-hydrogen) atoms. The van der Waals surface area contributed by atoms with Gasteiger partial charge in [-0.05, 0) is 24.1 Å². The van der Waals surface area contributed by atoms with E-state index >= 15 is 0 Å². The fourth-order valence-electron chi connectivity index (χ4n) is 1.67. The largest absolute Gasteiger partial charge is 0.493 e. The summed E-state index contributed by atoms with van der Waals surface area (Å²) in [6.07, 6.45) is 1.80. The SMILES string of the molecule is CCCCOc1c(Cl)cc(CNC(=O)CC#N)cc1OC. The molecule has 0 saturated heterocycles. The number of rotatable bonds is 8. The van der Waals surface area contributed by atoms with Crippen LogP contribution < -0.4 is 14.8 Å². The van der Waals surface area contributed by atoms with Gasteiger partial charge in [0.05, 0.1) is 24.8 Å². The van der Waals surface area contributed by atoms with Crippen LogP contribution in [0.25, 0.3) is 0 Å². The van der Waals surface area contributed by atoms with E-state index in [9.17, 15) is 4.79 Å². The fraction of sp³-hybridized carbons (Fsp3) is 0.467. The average Bonchev–Trinajstić information content (AvgIpc) is 2.47. The van der Waals surface area contributed by atoms with Crippen molar-refractivity contribution in [1.29, 1.82) is 5.26 Å². The molecule has 0 spiro atoms. The van der Waals surface area contributed by atoms with E-state index in [-0.39, 0.29) is 18.9 Å². The van der Waals surface area contributed by atoms with Crippen molar-refractivity contribution in [3.8, 4) is 17.6 Å². The second-order valence-corrected chi connectivity index (χ2v) is 4.83. The Morgan fingerprint density at radius 2 is 2.24 bits per heavy atom. The Kier molecular flexibility index (Phi) is 7.41. The van der Waals surface area contributed by atoms with Crippen molar-refractivity contribution in [3.05, 3.63) is 22.7 Å². The Morgan fingerprint density at radius 1 is 1.48 bits per heavy atom. The van der Waals surface area contributed by atoms with Crippen LogP contribution in [0.4, 0.5) is 0 Å². The molecule has 1 rings (SSSR count). The van der Waals surface area contributed by atoms with Crippen LogP contribution in [0.15, 0.2) is 12.1 Å². The molecule has 0 aromatic heterocycles. The fourth-order valence-corrected chi connectivity index (χ4v) is 1.96. The number of nitrogens with one attached hydrogen (secondary N) is 1. The summed E-state index contributed by atoms with van der Waals surface area (Å²) in [6, 6.07) is 5.28. The highest BCUT2D eigenvalue weighted by Gasteiger charge is 2.12. The van der Waals surface area contributed by atoms with Gasteiger partial charge in [0.1, 0.15) is 6.42 Å². The standard InChI is InChI=1S/C15H19ClN2O3/c1-3-4-7-21-15-12(16)8-11(9-13(15)20-2)10-18-14(19)5-6-17/h8-9H,3-5,7,10H2,1-2H3,(H,18,19). The van der Waals surface area contributed by atoms with Gasteiger partial charge in [-0.2, -0.15) is 5.26 Å². The van der Waals surface area contributed by atoms with Gasteiger partial charge in [0.2, 0.25) is 5.91 Å². The van der Waals surface area contributed by atoms with Crippen molar-refractivity contribution in [3.63, 3.8) is 0 Å². The molecule has 0 aliphatic carbocycles. The van der Waals surface area contributed by atoms with E-state index in [4.69, 9.17) is 26.3 Å². The monoisotopic (exact) mass is 310 g/mol. The molecule has 0 saturated carbocycles. The van der Waals surface area contributed by atoms with Crippen molar-refractivity contribution in [2.45, 2.75) is 32.7 Å². The number of carbonyl (C=O) groups is 1. The summed E-state index contributed by atoms with van der Waals surface area (Å²) in [5.41, 5.74) is 0.783. The van der Waals surface area contributed by atoms with Crippen LogP contribution in [0.3, 0.4) is 0 Å². The summed E-state index contributed by atoms with van der Waals surface area (Å²) in [7, 11) is 1.54. The first-order chi connectivity index (χ1) is 10.1. The molecule has 1 N–H and O–H groups in total. The van der Waals surface area contributed by atoms with Gasteiger partial charge >= 0.3 is 0 Å². The van der Waals surface area contributed by atoms with E-state index in [1.807, 2.05) is 0 Å². The first-order valence-corrected chi connectivity index (χ1v) is 7.13. The van der Waals surface area contributed by atoms with Gasteiger partial charge in [-0.1, -0.05) is 24.9 Å². The molecule has 1 aromatic rings. The van der Waals surface area contributed by atoms with Crippen LogP contribution in [0.5, 0.6) is 11.5 Å². The van der Waals surface area contributed by atoms with Crippen molar-refractivity contribution < 1.29 is 14.3 Å². The van der Waals surface area contributed by atoms with Crippen LogP contribution in [0.2, 0.25) is 5.02 Å². The first kappa shape index (κ1) is 17.1. The molecule has 0 heterocycles. The Bertz CT molecular complexity index is 526. The van der Waals surface area contributed by atoms with E-state index in [2.05, 4.69) is 12.2 Å². The lowest BCUT2D eigenvalue weighted by molar-refractivity contribution is -0.120. The van der Waals surface area contributed by atoms with Gasteiger partial charge < -0.3 is 14.8 Å². The minimum atomic E-state index is -0.323. The third kappa shape index (κ3) is 5.52. The van der Waals surface area contributed by atoms with Crippen LogP contribution in [-0.4, -0.2) is 19.6 Å². The molecule has 0 aliphatic heterocycles. The minimum absolute atomic E-state index is 0.164. The number of hydrogen-bond donors (Lipinski definition) is 1. The second kappa shape index (κ2) is 9.09. The number of halogens is 1. The number of hydrogen-bond acceptors (Lipinski definition) is 4. The average molecular weight is 311 g/mol. The summed E-state index contributed by atoms with van der Waals surface area (Å²) >= 11 is 6.20. The van der Waals surface area contributed by atoms with Gasteiger partial charge in [0.15, 0.2) is 11.5 Å². The predicted octanol–water partition coefficient (Wildman–Crippen LogP) is 3.06. The van der Waals surface area contributed by atoms with Gasteiger partial charge in [0.25, 0.3) is 0 Å². The van der Waals surface area contributed by atoms with Crippen molar-refractivity contribution in [2.24, 2.45) is 0 Å². The van der Waals surface area contributed by atoms with Crippen molar-refractivity contribution in [1.82, 2.24) is 5.32 Å². The summed E-state index contributed by atoms with van der Waals surface area (Å²) < 4.78 is 10.9. The zero-order valence-electron chi connectivity index (χ0n) is 12.2. The number of ether oxygens (including phenoxy) is 2. The lowest BCUT2D eigenvalue weighted by atomic mass is 10.2. The molecule has 0 bridgehead atoms. The van der Waals surface area contributed by atoms with Gasteiger partial charge in [-0.15, -0.1) is 0 Å². The number of unbranched alkanes of at least 4 members (excludes halogenated alkanes) is 1. The molecule has 0 atom stereocenters. The number of nitriles is 1. The third-order valence-electron chi connectivity index (χ3n) is 2.76. The predicted molar refractivity (Wildman–Crippen MR) is 80.5 cm³/mol. The molecule has 6 heteroatoms. The van der Waals surface area contributed by atoms with Gasteiger partial charge in [-0.25, -0.2) is 0 Å². The Balaban J connectivity index is 2.78. The maximum absolute atomic E-state index is 11.3. The number of methoxy groups -OCH3 is 1. The quantitative estimate of drug-likeness (QED) is 0.749. The third-order valence-corrected chi connectivity index (χ3v) is 3.04. The maximum atomic E-state index is 11.3. The molecule has 0 aliphatic rings. The lowest BCUT2D eigenvalue weighted by Crippen LogP contribution is -2.21. The van der Waals surface area contributed by atoms with Crippen LogP contribution in [0, 0.1) is 11.3 Å². The number of amides is 1. The Labute approximate surface area is 129 Å². The lowest BCUT2D eigenvalue weighted by Gasteiger charge is -2.14. The number of benzene rings is 1. The van der Waals surface area contributed by atoms with E-state index in [0.717, 1.165) is 18.4 Å². The highest BCUT2D eigenvalue weighted by molar-refractivity contribution is 6.32. The van der Waals surface area contributed by atoms with Crippen LogP contribution in [-0.2, 0) is 11.3 Å². The van der Waals surface area contributed by atoms with E-state index < -0.39 is 0 Å². The molecular formula is C15H19ClN2O3. The van der Waals surface area contributed by atoms with Gasteiger partial charge in [-0.3, -0.25) is 4.79 Å². The highest BCUT2D eigenvalue weighted by atomic mass is 35.5. The zero-order chi connectivity index (χ0) is 15.7. The number of nitrogens with zero attached hydrogens (tertiary/aromatic N) is 1. The van der Waals surface area contributed by atoms with E-state index in [1.54, 1.807) is 18.2 Å². The molecule has 5 nitrogen and oxygen atoms in total. The zero-order valence-corrected chi connectivity index (χ0v) is 13.0. The summed E-state index contributed by atoms with van der Waals surface area (Å²) in [6.45, 7) is 2.94. The van der Waals surface area contributed by atoms with E-state index in [1.165, 1.54) is 7.11 Å². The minimum Gasteiger partial charge on any atom is -0.493 e. The summed E-state index contributed by atoms with van der Waals surface area (Å²) in [4.78, 5) is 11.3. The maximum Gasteiger partial charge on any atom is 0.234 e. The smallest absolute Gasteiger partial charge is 0.234 e. The van der Waals surface area contributed by atoms with Crippen molar-refractivity contribution >= 4 is 17.5 Å². The topological polar surface area (TPSA) is 71.3 Å². The van der Waals surface area contributed by atoms with Crippen molar-refractivity contribution in [2.75, 3.05) is 13.7 Å². The Morgan fingerprint density at radius 3 is 2.86 bits per heavy atom. The highest BCUT2D eigenvalue weighted by Crippen LogP contribution is 2.36. The molecule has 0 unspecified atom stereocenters. The normalized spacial score (nSPS) is 9.81. The summed E-state index contributed by atoms with van der Waals surface area (Å²) in [5.74, 6) is 0.721. The van der Waals surface area contributed by atoms with Crippen LogP contribution in [0.1, 0.15) is 31.7 Å². The first-order valence-electron chi connectivity index (χ1n) is 6.75. The molecular weight excluding hydrogens is 292 g/mol. The Hall–Kier alpha value is -1.93. The van der Waals surface area contributed by atoms with E-state index in [0.29, 0.717) is 23.1 Å². The molecule has 0 radical (unpaired) electrons.